The molecule has 0 unspecified atom stereocenters. The van der Waals surface area contributed by atoms with E-state index in [1.165, 1.54) is 5.56 Å². The molecular weight excluding hydrogens is 224 g/mol. The van der Waals surface area contributed by atoms with Gasteiger partial charge in [0, 0.05) is 19.6 Å². The predicted octanol–water partition coefficient (Wildman–Crippen LogP) is 1.75. The van der Waals surface area contributed by atoms with Gasteiger partial charge < -0.3 is 10.6 Å². The lowest BCUT2D eigenvalue weighted by Gasteiger charge is -2.22. The van der Waals surface area contributed by atoms with Gasteiger partial charge in [-0.25, -0.2) is 0 Å². The van der Waals surface area contributed by atoms with Gasteiger partial charge in [0.15, 0.2) is 5.82 Å². The van der Waals surface area contributed by atoms with Gasteiger partial charge in [-0.3, -0.25) is 0 Å². The van der Waals surface area contributed by atoms with Crippen molar-refractivity contribution in [2.45, 2.75) is 13.5 Å². The molecule has 1 aromatic carbocycles. The fourth-order valence-electron chi connectivity index (χ4n) is 1.84. The van der Waals surface area contributed by atoms with Crippen molar-refractivity contribution in [3.8, 4) is 0 Å². The number of rotatable bonds is 5. The van der Waals surface area contributed by atoms with Gasteiger partial charge in [0.1, 0.15) is 0 Å². The summed E-state index contributed by atoms with van der Waals surface area (Å²) in [6.07, 6.45) is 1.76. The van der Waals surface area contributed by atoms with E-state index in [0.29, 0.717) is 6.54 Å². The molecule has 18 heavy (non-hydrogen) atoms. The van der Waals surface area contributed by atoms with Gasteiger partial charge in [0.25, 0.3) is 0 Å². The first-order chi connectivity index (χ1) is 8.79. The smallest absolute Gasteiger partial charge is 0.151 e. The molecule has 0 amide bonds. The van der Waals surface area contributed by atoms with Crippen molar-refractivity contribution in [1.29, 1.82) is 0 Å². The summed E-state index contributed by atoms with van der Waals surface area (Å²) < 4.78 is 0. The minimum atomic E-state index is 0.600. The number of hydrogen-bond acceptors (Lipinski definition) is 4. The summed E-state index contributed by atoms with van der Waals surface area (Å²) in [5.41, 5.74) is 8.02. The van der Waals surface area contributed by atoms with Crippen molar-refractivity contribution in [2.75, 3.05) is 18.0 Å². The molecule has 4 nitrogen and oxygen atoms in total. The molecule has 0 fully saturated rings. The van der Waals surface area contributed by atoms with Gasteiger partial charge in [-0.1, -0.05) is 30.3 Å². The second kappa shape index (κ2) is 6.12. The summed E-state index contributed by atoms with van der Waals surface area (Å²) in [6, 6.07) is 12.3. The Morgan fingerprint density at radius 2 is 2.00 bits per heavy atom. The van der Waals surface area contributed by atoms with Crippen molar-refractivity contribution in [2.24, 2.45) is 5.73 Å². The number of hydrogen-bond donors (Lipinski definition) is 1. The Morgan fingerprint density at radius 1 is 1.22 bits per heavy atom. The fraction of sp³-hybridized carbons (Fsp3) is 0.286. The van der Waals surface area contributed by atoms with Gasteiger partial charge in [-0.2, -0.15) is 5.10 Å². The molecule has 2 aromatic rings. The van der Waals surface area contributed by atoms with Gasteiger partial charge in [-0.15, -0.1) is 5.10 Å². The van der Waals surface area contributed by atoms with Crippen LogP contribution in [0.2, 0.25) is 0 Å². The van der Waals surface area contributed by atoms with Crippen LogP contribution in [0.3, 0.4) is 0 Å². The molecule has 2 N–H and O–H groups in total. The molecule has 0 aliphatic carbocycles. The summed E-state index contributed by atoms with van der Waals surface area (Å²) in [4.78, 5) is 2.15. The average Bonchev–Trinajstić information content (AvgIpc) is 2.39. The zero-order chi connectivity index (χ0) is 12.8. The second-order valence-electron chi connectivity index (χ2n) is 4.29. The summed E-state index contributed by atoms with van der Waals surface area (Å²) in [5, 5.41) is 8.17. The van der Waals surface area contributed by atoms with Crippen LogP contribution in [0.25, 0.3) is 0 Å². The van der Waals surface area contributed by atoms with E-state index in [9.17, 15) is 0 Å². The van der Waals surface area contributed by atoms with E-state index in [0.717, 1.165) is 24.5 Å². The Bertz CT molecular complexity index is 484. The van der Waals surface area contributed by atoms with Crippen LogP contribution in [0.4, 0.5) is 5.82 Å². The van der Waals surface area contributed by atoms with Gasteiger partial charge >= 0.3 is 0 Å². The first kappa shape index (κ1) is 12.5. The van der Waals surface area contributed by atoms with E-state index in [1.54, 1.807) is 6.20 Å². The van der Waals surface area contributed by atoms with Crippen molar-refractivity contribution >= 4 is 5.82 Å². The topological polar surface area (TPSA) is 55.0 Å². The molecule has 0 radical (unpaired) electrons. The fourth-order valence-corrected chi connectivity index (χ4v) is 1.84. The Hall–Kier alpha value is -1.94. The Morgan fingerprint density at radius 3 is 2.67 bits per heavy atom. The van der Waals surface area contributed by atoms with Crippen molar-refractivity contribution in [3.05, 3.63) is 53.7 Å². The number of aromatic nitrogens is 2. The van der Waals surface area contributed by atoms with Crippen LogP contribution < -0.4 is 10.6 Å². The number of nitrogens with two attached hydrogens (primary N) is 1. The standard InChI is InChI=1S/C14H18N4/c1-12-9-14(17-16-10-12)18(8-7-15)11-13-5-3-2-4-6-13/h2-6,9-10H,7-8,11,15H2,1H3. The number of aryl methyl sites for hydroxylation is 1. The minimum Gasteiger partial charge on any atom is -0.350 e. The summed E-state index contributed by atoms with van der Waals surface area (Å²) in [6.45, 7) is 4.19. The molecule has 0 saturated carbocycles. The summed E-state index contributed by atoms with van der Waals surface area (Å²) in [5.74, 6) is 0.879. The quantitative estimate of drug-likeness (QED) is 0.868. The van der Waals surface area contributed by atoms with Gasteiger partial charge in [0.2, 0.25) is 0 Å². The lowest BCUT2D eigenvalue weighted by molar-refractivity contribution is 0.762. The molecule has 0 saturated heterocycles. The highest BCUT2D eigenvalue weighted by Gasteiger charge is 2.08. The Kier molecular flexibility index (Phi) is 4.25. The van der Waals surface area contributed by atoms with E-state index in [-0.39, 0.29) is 0 Å². The predicted molar refractivity (Wildman–Crippen MR) is 73.3 cm³/mol. The lowest BCUT2D eigenvalue weighted by Crippen LogP contribution is -2.29. The Balaban J connectivity index is 2.18. The highest BCUT2D eigenvalue weighted by Crippen LogP contribution is 2.14. The van der Waals surface area contributed by atoms with Gasteiger partial charge in [-0.05, 0) is 24.1 Å². The number of anilines is 1. The van der Waals surface area contributed by atoms with Crippen molar-refractivity contribution in [3.63, 3.8) is 0 Å². The molecule has 1 aromatic heterocycles. The summed E-state index contributed by atoms with van der Waals surface area (Å²) >= 11 is 0. The molecule has 0 aliphatic heterocycles. The zero-order valence-electron chi connectivity index (χ0n) is 10.6. The monoisotopic (exact) mass is 242 g/mol. The van der Waals surface area contributed by atoms with Crippen LogP contribution in [-0.2, 0) is 6.54 Å². The first-order valence-corrected chi connectivity index (χ1v) is 6.08. The van der Waals surface area contributed by atoms with Crippen LogP contribution in [0.1, 0.15) is 11.1 Å². The maximum absolute atomic E-state index is 5.67. The minimum absolute atomic E-state index is 0.600. The van der Waals surface area contributed by atoms with Crippen LogP contribution in [0, 0.1) is 6.92 Å². The van der Waals surface area contributed by atoms with E-state index in [4.69, 9.17) is 5.73 Å². The van der Waals surface area contributed by atoms with Crippen LogP contribution in [-0.4, -0.2) is 23.3 Å². The highest BCUT2D eigenvalue weighted by molar-refractivity contribution is 5.40. The molecule has 94 valence electrons. The largest absolute Gasteiger partial charge is 0.350 e. The lowest BCUT2D eigenvalue weighted by atomic mass is 10.2. The SMILES string of the molecule is Cc1cnnc(N(CCN)Cc2ccccc2)c1. The third-order valence-electron chi connectivity index (χ3n) is 2.72. The number of nitrogens with zero attached hydrogens (tertiary/aromatic N) is 3. The van der Waals surface area contributed by atoms with E-state index < -0.39 is 0 Å². The molecule has 0 atom stereocenters. The molecule has 0 spiro atoms. The molecular formula is C14H18N4. The normalized spacial score (nSPS) is 10.3. The van der Waals surface area contributed by atoms with Gasteiger partial charge in [0.05, 0.1) is 6.20 Å². The average molecular weight is 242 g/mol. The molecule has 1 heterocycles. The zero-order valence-corrected chi connectivity index (χ0v) is 10.6. The maximum Gasteiger partial charge on any atom is 0.151 e. The third-order valence-corrected chi connectivity index (χ3v) is 2.72. The van der Waals surface area contributed by atoms with Crippen LogP contribution in [0.15, 0.2) is 42.6 Å². The van der Waals surface area contributed by atoms with E-state index in [2.05, 4.69) is 27.2 Å². The van der Waals surface area contributed by atoms with E-state index >= 15 is 0 Å². The third kappa shape index (κ3) is 3.28. The second-order valence-corrected chi connectivity index (χ2v) is 4.29. The molecule has 4 heteroatoms. The van der Waals surface area contributed by atoms with Crippen LogP contribution in [0.5, 0.6) is 0 Å². The van der Waals surface area contributed by atoms with E-state index in [1.807, 2.05) is 31.2 Å². The molecule has 2 rings (SSSR count). The van der Waals surface area contributed by atoms with Crippen molar-refractivity contribution in [1.82, 2.24) is 10.2 Å². The maximum atomic E-state index is 5.67. The van der Waals surface area contributed by atoms with Crippen LogP contribution >= 0.6 is 0 Å². The Labute approximate surface area is 107 Å². The number of benzene rings is 1. The highest BCUT2D eigenvalue weighted by atomic mass is 15.3. The first-order valence-electron chi connectivity index (χ1n) is 6.08. The molecule has 0 bridgehead atoms. The van der Waals surface area contributed by atoms with Crippen molar-refractivity contribution < 1.29 is 0 Å². The molecule has 0 aliphatic rings. The summed E-state index contributed by atoms with van der Waals surface area (Å²) in [7, 11) is 0.